The minimum Gasteiger partial charge on any atom is -0.319 e. The second-order valence-electron chi connectivity index (χ2n) is 7.59. The van der Waals surface area contributed by atoms with Gasteiger partial charge in [0.2, 0.25) is 0 Å². The Labute approximate surface area is 216 Å². The van der Waals surface area contributed by atoms with Crippen molar-refractivity contribution in [3.63, 3.8) is 0 Å². The Hall–Kier alpha value is -3.72. The minimum absolute atomic E-state index is 0.0196. The number of carbonyl (C=O) groups is 2. The fourth-order valence-corrected chi connectivity index (χ4v) is 4.69. The van der Waals surface area contributed by atoms with Gasteiger partial charge in [-0.2, -0.15) is 0 Å². The summed E-state index contributed by atoms with van der Waals surface area (Å²) < 4.78 is 43.1. The standard InChI is InChI=1S/C26H17Cl2FN2O4S/c27-18-8-6-17(7-9-18)26(33)30-24-13-11-20(15-22(24)29)36(34,35)31-23-12-10-19(28)14-21(23)25(32)16-4-2-1-3-5-16/h1-15,31H,(H,30,33). The molecule has 4 aromatic rings. The van der Waals surface area contributed by atoms with E-state index in [9.17, 15) is 22.4 Å². The summed E-state index contributed by atoms with van der Waals surface area (Å²) in [5.74, 6) is -2.00. The van der Waals surface area contributed by atoms with Crippen molar-refractivity contribution in [1.82, 2.24) is 0 Å². The van der Waals surface area contributed by atoms with Gasteiger partial charge < -0.3 is 5.32 Å². The van der Waals surface area contributed by atoms with Crippen LogP contribution in [0.3, 0.4) is 0 Å². The molecule has 0 spiro atoms. The molecule has 4 aromatic carbocycles. The van der Waals surface area contributed by atoms with E-state index in [0.29, 0.717) is 10.6 Å². The summed E-state index contributed by atoms with van der Waals surface area (Å²) in [5.41, 5.74) is 0.390. The number of halogens is 3. The first-order valence-electron chi connectivity index (χ1n) is 10.4. The average Bonchev–Trinajstić information content (AvgIpc) is 2.86. The van der Waals surface area contributed by atoms with Crippen LogP contribution in [0, 0.1) is 5.82 Å². The summed E-state index contributed by atoms with van der Waals surface area (Å²) in [6.45, 7) is 0. The van der Waals surface area contributed by atoms with Crippen molar-refractivity contribution >= 4 is 56.3 Å². The molecule has 0 radical (unpaired) electrons. The molecule has 0 aliphatic rings. The SMILES string of the molecule is O=C(Nc1ccc(S(=O)(=O)Nc2ccc(Cl)cc2C(=O)c2ccccc2)cc1F)c1ccc(Cl)cc1. The molecular weight excluding hydrogens is 526 g/mol. The molecule has 182 valence electrons. The molecule has 4 rings (SSSR count). The lowest BCUT2D eigenvalue weighted by Gasteiger charge is -2.14. The highest BCUT2D eigenvalue weighted by Crippen LogP contribution is 2.27. The lowest BCUT2D eigenvalue weighted by molar-refractivity contribution is 0.102. The van der Waals surface area contributed by atoms with Crippen LogP contribution in [0.4, 0.5) is 15.8 Å². The van der Waals surface area contributed by atoms with Gasteiger partial charge in [-0.15, -0.1) is 0 Å². The predicted molar refractivity (Wildman–Crippen MR) is 138 cm³/mol. The molecule has 1 amide bonds. The number of hydrogen-bond donors (Lipinski definition) is 2. The third kappa shape index (κ3) is 5.73. The van der Waals surface area contributed by atoms with Gasteiger partial charge in [0.05, 0.1) is 16.3 Å². The van der Waals surface area contributed by atoms with Gasteiger partial charge in [-0.3, -0.25) is 14.3 Å². The highest BCUT2D eigenvalue weighted by Gasteiger charge is 2.22. The van der Waals surface area contributed by atoms with Gasteiger partial charge in [0, 0.05) is 26.7 Å². The second kappa shape index (κ2) is 10.5. The molecule has 0 fully saturated rings. The Bertz CT molecular complexity index is 1560. The third-order valence-electron chi connectivity index (χ3n) is 5.11. The zero-order valence-electron chi connectivity index (χ0n) is 18.3. The van der Waals surface area contributed by atoms with Crippen LogP contribution >= 0.6 is 23.2 Å². The van der Waals surface area contributed by atoms with Crippen LogP contribution in [0.5, 0.6) is 0 Å². The Morgan fingerprint density at radius 2 is 1.36 bits per heavy atom. The largest absolute Gasteiger partial charge is 0.319 e. The van der Waals surface area contributed by atoms with Gasteiger partial charge in [-0.25, -0.2) is 12.8 Å². The number of ketones is 1. The van der Waals surface area contributed by atoms with Crippen molar-refractivity contribution in [2.75, 3.05) is 10.0 Å². The first-order chi connectivity index (χ1) is 17.1. The number of nitrogens with one attached hydrogen (secondary N) is 2. The topological polar surface area (TPSA) is 92.3 Å². The summed E-state index contributed by atoms with van der Waals surface area (Å²) in [7, 11) is -4.30. The predicted octanol–water partition coefficient (Wildman–Crippen LogP) is 6.42. The molecule has 2 N–H and O–H groups in total. The van der Waals surface area contributed by atoms with Crippen molar-refractivity contribution in [2.45, 2.75) is 4.90 Å². The van der Waals surface area contributed by atoms with Crippen molar-refractivity contribution in [1.29, 1.82) is 0 Å². The van der Waals surface area contributed by atoms with Crippen LogP contribution in [-0.2, 0) is 10.0 Å². The Morgan fingerprint density at radius 3 is 2.03 bits per heavy atom. The van der Waals surface area contributed by atoms with E-state index in [1.54, 1.807) is 30.3 Å². The first kappa shape index (κ1) is 25.4. The maximum atomic E-state index is 14.7. The zero-order chi connectivity index (χ0) is 25.9. The molecule has 0 heterocycles. The third-order valence-corrected chi connectivity index (χ3v) is 6.96. The normalized spacial score (nSPS) is 11.1. The highest BCUT2D eigenvalue weighted by molar-refractivity contribution is 7.92. The summed E-state index contributed by atoms with van der Waals surface area (Å²) in [5, 5.41) is 3.07. The van der Waals surface area contributed by atoms with Crippen molar-refractivity contribution in [3.05, 3.63) is 124 Å². The van der Waals surface area contributed by atoms with E-state index in [-0.39, 0.29) is 27.5 Å². The minimum atomic E-state index is -4.30. The Kier molecular flexibility index (Phi) is 7.40. The lowest BCUT2D eigenvalue weighted by atomic mass is 10.0. The van der Waals surface area contributed by atoms with Gasteiger partial charge in [0.1, 0.15) is 5.82 Å². The van der Waals surface area contributed by atoms with Gasteiger partial charge in [0.25, 0.3) is 15.9 Å². The van der Waals surface area contributed by atoms with Gasteiger partial charge >= 0.3 is 0 Å². The van der Waals surface area contributed by atoms with E-state index >= 15 is 0 Å². The van der Waals surface area contributed by atoms with E-state index in [1.807, 2.05) is 0 Å². The van der Waals surface area contributed by atoms with Crippen molar-refractivity contribution < 1.29 is 22.4 Å². The van der Waals surface area contributed by atoms with Crippen LogP contribution in [0.25, 0.3) is 0 Å². The van der Waals surface area contributed by atoms with Gasteiger partial charge in [-0.1, -0.05) is 53.5 Å². The number of rotatable bonds is 7. The van der Waals surface area contributed by atoms with Crippen LogP contribution < -0.4 is 10.0 Å². The molecule has 0 aliphatic heterocycles. The molecule has 0 bridgehead atoms. The number of benzene rings is 4. The smallest absolute Gasteiger partial charge is 0.262 e. The molecule has 0 saturated carbocycles. The van der Waals surface area contributed by atoms with Crippen LogP contribution in [0.15, 0.2) is 95.9 Å². The van der Waals surface area contributed by atoms with E-state index in [1.165, 1.54) is 42.5 Å². The number of carbonyl (C=O) groups excluding carboxylic acids is 2. The first-order valence-corrected chi connectivity index (χ1v) is 12.7. The number of sulfonamides is 1. The monoisotopic (exact) mass is 542 g/mol. The summed E-state index contributed by atoms with van der Waals surface area (Å²) >= 11 is 11.9. The van der Waals surface area contributed by atoms with E-state index < -0.39 is 32.4 Å². The molecule has 6 nitrogen and oxygen atoms in total. The molecule has 0 saturated heterocycles. The summed E-state index contributed by atoms with van der Waals surface area (Å²) in [6, 6.07) is 21.4. The fourth-order valence-electron chi connectivity index (χ4n) is 3.30. The molecule has 0 unspecified atom stereocenters. The molecule has 36 heavy (non-hydrogen) atoms. The maximum absolute atomic E-state index is 14.7. The molecule has 0 aliphatic carbocycles. The summed E-state index contributed by atoms with van der Waals surface area (Å²) in [4.78, 5) is 24.9. The van der Waals surface area contributed by atoms with Crippen LogP contribution in [0.2, 0.25) is 10.0 Å². The lowest BCUT2D eigenvalue weighted by Crippen LogP contribution is -2.17. The molecule has 0 aromatic heterocycles. The number of hydrogen-bond acceptors (Lipinski definition) is 4. The van der Waals surface area contributed by atoms with E-state index in [0.717, 1.165) is 18.2 Å². The van der Waals surface area contributed by atoms with Crippen LogP contribution in [0.1, 0.15) is 26.3 Å². The average molecular weight is 543 g/mol. The van der Waals surface area contributed by atoms with Crippen LogP contribution in [-0.4, -0.2) is 20.1 Å². The van der Waals surface area contributed by atoms with Crippen molar-refractivity contribution in [2.24, 2.45) is 0 Å². The molecule has 0 atom stereocenters. The van der Waals surface area contributed by atoms with Gasteiger partial charge in [0.15, 0.2) is 5.78 Å². The Morgan fingerprint density at radius 1 is 0.722 bits per heavy atom. The van der Waals surface area contributed by atoms with Crippen molar-refractivity contribution in [3.8, 4) is 0 Å². The van der Waals surface area contributed by atoms with E-state index in [2.05, 4.69) is 10.0 Å². The summed E-state index contributed by atoms with van der Waals surface area (Å²) in [6.07, 6.45) is 0. The van der Waals surface area contributed by atoms with Gasteiger partial charge in [-0.05, 0) is 60.7 Å². The molecular formula is C26H17Cl2FN2O4S. The Balaban J connectivity index is 1.59. The zero-order valence-corrected chi connectivity index (χ0v) is 20.7. The number of anilines is 2. The second-order valence-corrected chi connectivity index (χ2v) is 10.1. The maximum Gasteiger partial charge on any atom is 0.262 e. The fraction of sp³-hybridized carbons (Fsp3) is 0. The quantitative estimate of drug-likeness (QED) is 0.263. The molecule has 10 heteroatoms. The van der Waals surface area contributed by atoms with E-state index in [4.69, 9.17) is 23.2 Å². The number of amides is 1. The highest BCUT2D eigenvalue weighted by atomic mass is 35.5.